The van der Waals surface area contributed by atoms with Crippen LogP contribution in [-0.2, 0) is 9.59 Å². The van der Waals surface area contributed by atoms with Gasteiger partial charge in [-0.15, -0.1) is 0 Å². The number of hydrogen-bond acceptors (Lipinski definition) is 5. The summed E-state index contributed by atoms with van der Waals surface area (Å²) in [5.41, 5.74) is 2.59. The zero-order valence-electron chi connectivity index (χ0n) is 16.6. The first-order valence-electron chi connectivity index (χ1n) is 9.74. The number of nitrogens with zero attached hydrogens (tertiary/aromatic N) is 3. The fourth-order valence-corrected chi connectivity index (χ4v) is 4.90. The number of fused-ring (bicyclic) bond motifs is 3. The van der Waals surface area contributed by atoms with Gasteiger partial charge >= 0.3 is 0 Å². The third kappa shape index (κ3) is 3.25. The number of rotatable bonds is 3. The second kappa shape index (κ2) is 7.55. The highest BCUT2D eigenvalue weighted by Crippen LogP contribution is 2.40. The summed E-state index contributed by atoms with van der Waals surface area (Å²) in [4.78, 5) is 47.2. The molecule has 1 N–H and O–H groups in total. The molecule has 0 spiro atoms. The fraction of sp³-hybridized carbons (Fsp3) is 0.130. The summed E-state index contributed by atoms with van der Waals surface area (Å²) >= 11 is 1.40. The van der Waals surface area contributed by atoms with E-state index in [1.807, 2.05) is 36.4 Å². The van der Waals surface area contributed by atoms with Gasteiger partial charge < -0.3 is 10.2 Å². The minimum atomic E-state index is -0.772. The summed E-state index contributed by atoms with van der Waals surface area (Å²) in [5.74, 6) is -0.907. The molecule has 8 heteroatoms. The Morgan fingerprint density at radius 1 is 1.03 bits per heavy atom. The van der Waals surface area contributed by atoms with E-state index in [4.69, 9.17) is 0 Å². The lowest BCUT2D eigenvalue weighted by Gasteiger charge is -2.23. The van der Waals surface area contributed by atoms with E-state index in [2.05, 4.69) is 10.3 Å². The zero-order valence-corrected chi connectivity index (χ0v) is 17.4. The number of likely N-dealkylation sites (N-methyl/N-ethyl adjacent to an activating group) is 1. The number of pyridine rings is 1. The molecule has 1 aromatic heterocycles. The molecule has 0 bridgehead atoms. The Labute approximate surface area is 183 Å². The zero-order chi connectivity index (χ0) is 21.5. The van der Waals surface area contributed by atoms with Crippen LogP contribution in [0, 0.1) is 0 Å². The molecule has 3 amide bonds. The Morgan fingerprint density at radius 2 is 1.77 bits per heavy atom. The van der Waals surface area contributed by atoms with E-state index >= 15 is 0 Å². The predicted octanol–water partition coefficient (Wildman–Crippen LogP) is 3.03. The molecule has 0 aliphatic carbocycles. The number of carbonyl (C=O) groups is 3. The molecule has 31 heavy (non-hydrogen) atoms. The number of hydrogen-bond donors (Lipinski definition) is 1. The third-order valence-corrected chi connectivity index (χ3v) is 6.49. The van der Waals surface area contributed by atoms with Gasteiger partial charge in [0.15, 0.2) is 0 Å². The largest absolute Gasteiger partial charge is 0.339 e. The minimum absolute atomic E-state index is 0.209. The Morgan fingerprint density at radius 3 is 2.65 bits per heavy atom. The average Bonchev–Trinajstić information content (AvgIpc) is 2.95. The van der Waals surface area contributed by atoms with Crippen LogP contribution in [0.1, 0.15) is 22.0 Å². The van der Waals surface area contributed by atoms with Crippen LogP contribution in [0.5, 0.6) is 0 Å². The van der Waals surface area contributed by atoms with E-state index in [0.29, 0.717) is 16.3 Å². The number of carbonyl (C=O) groups excluding carboxylic acids is 3. The normalized spacial score (nSPS) is 17.0. The molecule has 154 valence electrons. The highest BCUT2D eigenvalue weighted by atomic mass is 32.2. The molecular weight excluding hydrogens is 412 g/mol. The molecule has 2 aromatic carbocycles. The molecule has 0 unspecified atom stereocenters. The molecule has 0 saturated carbocycles. The number of aromatic nitrogens is 1. The first kappa shape index (κ1) is 19.3. The van der Waals surface area contributed by atoms with Crippen molar-refractivity contribution in [3.05, 3.63) is 78.0 Å². The van der Waals surface area contributed by atoms with Crippen LogP contribution < -0.4 is 15.1 Å². The smallest absolute Gasteiger partial charge is 0.259 e. The monoisotopic (exact) mass is 430 g/mol. The van der Waals surface area contributed by atoms with Gasteiger partial charge in [0.1, 0.15) is 17.6 Å². The molecule has 1 atom stereocenters. The molecule has 3 heterocycles. The van der Waals surface area contributed by atoms with E-state index < -0.39 is 11.9 Å². The van der Waals surface area contributed by atoms with Crippen molar-refractivity contribution < 1.29 is 14.4 Å². The Hall–Kier alpha value is -3.65. The van der Waals surface area contributed by atoms with Crippen molar-refractivity contribution in [1.29, 1.82) is 0 Å². The van der Waals surface area contributed by atoms with Gasteiger partial charge in [-0.2, -0.15) is 0 Å². The van der Waals surface area contributed by atoms with Crippen molar-refractivity contribution in [2.45, 2.75) is 16.0 Å². The topological polar surface area (TPSA) is 82.6 Å². The number of amides is 3. The first-order valence-corrected chi connectivity index (χ1v) is 10.6. The number of para-hydroxylation sites is 1. The highest BCUT2D eigenvalue weighted by Gasteiger charge is 2.37. The first-order chi connectivity index (χ1) is 15.0. The maximum atomic E-state index is 13.3. The van der Waals surface area contributed by atoms with E-state index in [1.165, 1.54) is 21.6 Å². The van der Waals surface area contributed by atoms with Gasteiger partial charge in [0, 0.05) is 29.4 Å². The van der Waals surface area contributed by atoms with Crippen molar-refractivity contribution in [2.75, 3.05) is 23.4 Å². The van der Waals surface area contributed by atoms with Crippen molar-refractivity contribution >= 4 is 40.9 Å². The van der Waals surface area contributed by atoms with Crippen LogP contribution in [0.25, 0.3) is 0 Å². The molecule has 2 aliphatic heterocycles. The minimum Gasteiger partial charge on any atom is -0.339 e. The maximum absolute atomic E-state index is 13.3. The summed E-state index contributed by atoms with van der Waals surface area (Å²) in [6.45, 7) is -0.220. The summed E-state index contributed by atoms with van der Waals surface area (Å²) in [5, 5.41) is 3.46. The number of benzene rings is 2. The molecular formula is C23H18N4O3S. The van der Waals surface area contributed by atoms with E-state index in [0.717, 1.165) is 16.1 Å². The quantitative estimate of drug-likeness (QED) is 0.691. The lowest BCUT2D eigenvalue weighted by molar-refractivity contribution is -0.126. The van der Waals surface area contributed by atoms with Gasteiger partial charge in [-0.3, -0.25) is 19.3 Å². The molecule has 3 aromatic rings. The summed E-state index contributed by atoms with van der Waals surface area (Å²) < 4.78 is 0. The Balaban J connectivity index is 1.45. The van der Waals surface area contributed by atoms with Crippen molar-refractivity contribution in [1.82, 2.24) is 10.3 Å². The molecule has 0 fully saturated rings. The molecule has 2 aliphatic rings. The Kier molecular flexibility index (Phi) is 4.71. The predicted molar refractivity (Wildman–Crippen MR) is 117 cm³/mol. The van der Waals surface area contributed by atoms with Crippen LogP contribution in [-0.4, -0.2) is 36.3 Å². The van der Waals surface area contributed by atoms with Crippen LogP contribution in [0.4, 0.5) is 11.4 Å². The third-order valence-electron chi connectivity index (χ3n) is 5.40. The fourth-order valence-electron chi connectivity index (χ4n) is 3.89. The molecule has 5 rings (SSSR count). The molecule has 7 nitrogen and oxygen atoms in total. The molecule has 0 saturated heterocycles. The standard InChI is InChI=1S/C23H18N4O3S/c1-26-16-9-4-2-7-14(16)20(23(26)30)25-19(28)13-27-17-10-6-12-24-21(17)31-18-11-5-3-8-15(18)22(27)29/h2-12,20H,13H2,1H3,(H,25,28)/t20-/m0/s1. The van der Waals surface area contributed by atoms with E-state index in [-0.39, 0.29) is 18.4 Å². The average molecular weight is 430 g/mol. The summed E-state index contributed by atoms with van der Waals surface area (Å²) in [6.07, 6.45) is 1.66. The maximum Gasteiger partial charge on any atom is 0.259 e. The van der Waals surface area contributed by atoms with Crippen LogP contribution in [0.2, 0.25) is 0 Å². The van der Waals surface area contributed by atoms with Gasteiger partial charge in [-0.05, 0) is 30.3 Å². The molecule has 0 radical (unpaired) electrons. The van der Waals surface area contributed by atoms with Crippen LogP contribution in [0.15, 0.2) is 76.8 Å². The van der Waals surface area contributed by atoms with Gasteiger partial charge in [-0.25, -0.2) is 4.98 Å². The van der Waals surface area contributed by atoms with Crippen LogP contribution >= 0.6 is 11.8 Å². The lowest BCUT2D eigenvalue weighted by Crippen LogP contribution is -2.44. The van der Waals surface area contributed by atoms with Crippen LogP contribution in [0.3, 0.4) is 0 Å². The van der Waals surface area contributed by atoms with Crippen molar-refractivity contribution in [3.63, 3.8) is 0 Å². The van der Waals surface area contributed by atoms with Gasteiger partial charge in [-0.1, -0.05) is 42.1 Å². The number of anilines is 2. The van der Waals surface area contributed by atoms with Crippen molar-refractivity contribution in [2.24, 2.45) is 0 Å². The SMILES string of the molecule is CN1C(=O)[C@@H](NC(=O)CN2C(=O)c3ccccc3Sc3ncccc32)c2ccccc21. The Bertz CT molecular complexity index is 1230. The van der Waals surface area contributed by atoms with Gasteiger partial charge in [0.05, 0.1) is 11.3 Å². The van der Waals surface area contributed by atoms with Gasteiger partial charge in [0.2, 0.25) is 5.91 Å². The van der Waals surface area contributed by atoms with Crippen molar-refractivity contribution in [3.8, 4) is 0 Å². The van der Waals surface area contributed by atoms with Gasteiger partial charge in [0.25, 0.3) is 11.8 Å². The number of nitrogens with one attached hydrogen (secondary N) is 1. The lowest BCUT2D eigenvalue weighted by atomic mass is 10.1. The second-order valence-electron chi connectivity index (χ2n) is 7.27. The summed E-state index contributed by atoms with van der Waals surface area (Å²) in [6, 6.07) is 17.4. The second-order valence-corrected chi connectivity index (χ2v) is 8.30. The highest BCUT2D eigenvalue weighted by molar-refractivity contribution is 7.99. The van der Waals surface area contributed by atoms with E-state index in [9.17, 15) is 14.4 Å². The summed E-state index contributed by atoms with van der Waals surface area (Å²) in [7, 11) is 1.68. The van der Waals surface area contributed by atoms with E-state index in [1.54, 1.807) is 37.5 Å².